The molecule has 4 aromatic rings. The van der Waals surface area contributed by atoms with Crippen LogP contribution in [0.4, 0.5) is 17.6 Å². The molecule has 0 spiro atoms. The van der Waals surface area contributed by atoms with Crippen LogP contribution in [0.25, 0.3) is 26.6 Å². The van der Waals surface area contributed by atoms with Crippen molar-refractivity contribution < 1.29 is 37.3 Å². The lowest BCUT2D eigenvalue weighted by molar-refractivity contribution is -0.131. The molecule has 2 N–H and O–H groups in total. The van der Waals surface area contributed by atoms with Gasteiger partial charge >= 0.3 is 12.1 Å². The highest BCUT2D eigenvalue weighted by molar-refractivity contribution is 7.22. The second-order valence-electron chi connectivity index (χ2n) is 7.38. The first-order valence-electron chi connectivity index (χ1n) is 9.89. The van der Waals surface area contributed by atoms with Gasteiger partial charge in [-0.25, -0.2) is 9.18 Å². The molecule has 0 radical (unpaired) electrons. The summed E-state index contributed by atoms with van der Waals surface area (Å²) in [5, 5.41) is 19.2. The number of halogens is 4. The lowest BCUT2D eigenvalue weighted by Gasteiger charge is -2.13. The largest absolute Gasteiger partial charge is 0.508 e. The van der Waals surface area contributed by atoms with E-state index in [1.54, 1.807) is 30.3 Å². The highest BCUT2D eigenvalue weighted by Crippen LogP contribution is 2.48. The number of thiophene rings is 1. The minimum absolute atomic E-state index is 0.0176. The summed E-state index contributed by atoms with van der Waals surface area (Å²) in [6.45, 7) is 0. The van der Waals surface area contributed by atoms with Crippen LogP contribution in [-0.4, -0.2) is 22.4 Å². The highest BCUT2D eigenvalue weighted by atomic mass is 32.1. The number of phenolic OH excluding ortho intramolecular Hbond substituents is 1. The molecule has 3 aromatic carbocycles. The first-order chi connectivity index (χ1) is 16.1. The van der Waals surface area contributed by atoms with Crippen LogP contribution in [0.5, 0.6) is 17.2 Å². The third-order valence-corrected chi connectivity index (χ3v) is 6.02. The van der Waals surface area contributed by atoms with Crippen LogP contribution in [0.2, 0.25) is 0 Å². The zero-order valence-electron chi connectivity index (χ0n) is 17.3. The van der Waals surface area contributed by atoms with Crippen molar-refractivity contribution in [3.63, 3.8) is 0 Å². The molecule has 0 bridgehead atoms. The van der Waals surface area contributed by atoms with Crippen molar-refractivity contribution in [2.45, 2.75) is 12.6 Å². The molecule has 0 fully saturated rings. The van der Waals surface area contributed by atoms with E-state index in [9.17, 15) is 27.5 Å². The van der Waals surface area contributed by atoms with Gasteiger partial charge in [0.25, 0.3) is 0 Å². The molecule has 0 aliphatic heterocycles. The number of carbonyl (C=O) groups is 1. The molecule has 4 rings (SSSR count). The zero-order valence-corrected chi connectivity index (χ0v) is 18.1. The Hall–Kier alpha value is -3.85. The van der Waals surface area contributed by atoms with E-state index >= 15 is 0 Å². The molecule has 9 heteroatoms. The van der Waals surface area contributed by atoms with Crippen LogP contribution in [0.15, 0.2) is 66.7 Å². The SMILES string of the molecule is O=C(O)C=Cc1ccc(Oc2c(-c3ccc(F)cc3CC(F)(F)F)sc3cc(O)ccc23)cc1. The Morgan fingerprint density at radius 3 is 2.44 bits per heavy atom. The fraction of sp³-hybridized carbons (Fsp3) is 0.0800. The van der Waals surface area contributed by atoms with Gasteiger partial charge in [0.05, 0.1) is 11.3 Å². The number of hydrogen-bond acceptors (Lipinski definition) is 4. The minimum atomic E-state index is -4.54. The monoisotopic (exact) mass is 488 g/mol. The van der Waals surface area contributed by atoms with E-state index in [0.29, 0.717) is 26.3 Å². The molecule has 0 amide bonds. The van der Waals surface area contributed by atoms with E-state index in [1.165, 1.54) is 24.3 Å². The predicted molar refractivity (Wildman–Crippen MR) is 122 cm³/mol. The first kappa shape index (κ1) is 23.3. The van der Waals surface area contributed by atoms with Crippen molar-refractivity contribution >= 4 is 33.5 Å². The quantitative estimate of drug-likeness (QED) is 0.219. The third-order valence-electron chi connectivity index (χ3n) is 4.85. The van der Waals surface area contributed by atoms with E-state index in [0.717, 1.165) is 29.5 Å². The molecule has 0 aliphatic rings. The van der Waals surface area contributed by atoms with E-state index in [-0.39, 0.29) is 22.6 Å². The number of rotatable bonds is 6. The fourth-order valence-corrected chi connectivity index (χ4v) is 4.64. The predicted octanol–water partition coefficient (Wildman–Crippen LogP) is 7.41. The van der Waals surface area contributed by atoms with Gasteiger partial charge in [0, 0.05) is 16.2 Å². The Morgan fingerprint density at radius 1 is 1.03 bits per heavy atom. The molecule has 174 valence electrons. The standard InChI is InChI=1S/C25H16F4O4S/c26-16-4-8-19(15(11-16)13-25(27,28)29)24-23(20-9-5-17(30)12-21(20)34-24)33-18-6-1-14(2-7-18)3-10-22(31)32/h1-12,30H,13H2,(H,31,32). The van der Waals surface area contributed by atoms with Gasteiger partial charge in [-0.2, -0.15) is 13.2 Å². The zero-order chi connectivity index (χ0) is 24.5. The summed E-state index contributed by atoms with van der Waals surface area (Å²) in [5.74, 6) is -1.26. The summed E-state index contributed by atoms with van der Waals surface area (Å²) >= 11 is 1.12. The highest BCUT2D eigenvalue weighted by Gasteiger charge is 2.30. The van der Waals surface area contributed by atoms with Gasteiger partial charge in [-0.1, -0.05) is 18.2 Å². The van der Waals surface area contributed by atoms with E-state index < -0.39 is 24.4 Å². The topological polar surface area (TPSA) is 66.8 Å². The van der Waals surface area contributed by atoms with Gasteiger partial charge in [0.15, 0.2) is 5.75 Å². The second-order valence-corrected chi connectivity index (χ2v) is 8.43. The average molecular weight is 488 g/mol. The van der Waals surface area contributed by atoms with Gasteiger partial charge in [-0.05, 0) is 65.2 Å². The minimum Gasteiger partial charge on any atom is -0.508 e. The number of fused-ring (bicyclic) bond motifs is 1. The third kappa shape index (κ3) is 5.37. The maximum Gasteiger partial charge on any atom is 0.393 e. The molecule has 4 nitrogen and oxygen atoms in total. The number of aliphatic carboxylic acids is 1. The molecule has 0 atom stereocenters. The molecule has 0 aliphatic carbocycles. The molecule has 1 heterocycles. The Kier molecular flexibility index (Phi) is 6.30. The van der Waals surface area contributed by atoms with Crippen molar-refractivity contribution in [2.75, 3.05) is 0 Å². The molecular formula is C25H16F4O4S. The number of phenols is 1. The van der Waals surface area contributed by atoms with Crippen molar-refractivity contribution in [3.05, 3.63) is 83.7 Å². The maximum atomic E-state index is 13.8. The Bertz CT molecular complexity index is 1390. The molecular weight excluding hydrogens is 472 g/mol. The van der Waals surface area contributed by atoms with Crippen LogP contribution in [0.3, 0.4) is 0 Å². The van der Waals surface area contributed by atoms with E-state index in [1.807, 2.05) is 0 Å². The molecule has 1 aromatic heterocycles. The molecule has 0 saturated heterocycles. The normalized spacial score (nSPS) is 11.9. The van der Waals surface area contributed by atoms with Crippen molar-refractivity contribution in [1.82, 2.24) is 0 Å². The number of hydrogen-bond donors (Lipinski definition) is 2. The van der Waals surface area contributed by atoms with Crippen LogP contribution < -0.4 is 4.74 Å². The van der Waals surface area contributed by atoms with Crippen LogP contribution in [-0.2, 0) is 11.2 Å². The van der Waals surface area contributed by atoms with Crippen molar-refractivity contribution in [2.24, 2.45) is 0 Å². The number of carboxylic acids is 1. The number of alkyl halides is 3. The summed E-state index contributed by atoms with van der Waals surface area (Å²) in [7, 11) is 0. The van der Waals surface area contributed by atoms with E-state index in [4.69, 9.17) is 9.84 Å². The van der Waals surface area contributed by atoms with Gasteiger partial charge in [-0.3, -0.25) is 0 Å². The first-order valence-corrected chi connectivity index (χ1v) is 10.7. The Labute approximate surface area is 195 Å². The van der Waals surface area contributed by atoms with E-state index in [2.05, 4.69) is 0 Å². The smallest absolute Gasteiger partial charge is 0.393 e. The average Bonchev–Trinajstić information content (AvgIpc) is 3.09. The van der Waals surface area contributed by atoms with Crippen LogP contribution >= 0.6 is 11.3 Å². The van der Waals surface area contributed by atoms with Gasteiger partial charge in [0.1, 0.15) is 17.3 Å². The lowest BCUT2D eigenvalue weighted by atomic mass is 10.0. The molecule has 0 unspecified atom stereocenters. The van der Waals surface area contributed by atoms with Crippen LogP contribution in [0.1, 0.15) is 11.1 Å². The Morgan fingerprint density at radius 2 is 1.76 bits per heavy atom. The number of aromatic hydroxyl groups is 1. The summed E-state index contributed by atoms with van der Waals surface area (Å²) in [6, 6.07) is 14.2. The van der Waals surface area contributed by atoms with Gasteiger partial charge in [0.2, 0.25) is 0 Å². The fourth-order valence-electron chi connectivity index (χ4n) is 3.42. The number of carboxylic acid groups (broad SMARTS) is 1. The second kappa shape index (κ2) is 9.18. The number of benzene rings is 3. The summed E-state index contributed by atoms with van der Waals surface area (Å²) in [6.07, 6.45) is -3.47. The van der Waals surface area contributed by atoms with Crippen molar-refractivity contribution in [3.8, 4) is 27.7 Å². The summed E-state index contributed by atoms with van der Waals surface area (Å²) in [4.78, 5) is 11.0. The van der Waals surface area contributed by atoms with Gasteiger partial charge in [-0.15, -0.1) is 11.3 Å². The Balaban J connectivity index is 1.82. The molecule has 34 heavy (non-hydrogen) atoms. The lowest BCUT2D eigenvalue weighted by Crippen LogP contribution is -2.12. The summed E-state index contributed by atoms with van der Waals surface area (Å²) in [5.41, 5.74) is 0.554. The maximum absolute atomic E-state index is 13.8. The van der Waals surface area contributed by atoms with Crippen LogP contribution in [0, 0.1) is 5.82 Å². The number of ether oxygens (including phenoxy) is 1. The summed E-state index contributed by atoms with van der Waals surface area (Å²) < 4.78 is 60.1. The van der Waals surface area contributed by atoms with Gasteiger partial charge < -0.3 is 14.9 Å². The molecule has 0 saturated carbocycles. The van der Waals surface area contributed by atoms with Crippen molar-refractivity contribution in [1.29, 1.82) is 0 Å².